The standard InChI is InChI=1S/C14H24N2O2/c17-8-10-7-14(9-15-10)11-5-3-1-2-4-6-12(11)16-13(14)18/h10-12,15,17H,1-9H2,(H,16,18). The topological polar surface area (TPSA) is 61.4 Å². The molecule has 1 spiro atoms. The van der Waals surface area contributed by atoms with Gasteiger partial charge in [-0.05, 0) is 25.2 Å². The fourth-order valence-corrected chi connectivity index (χ4v) is 4.29. The van der Waals surface area contributed by atoms with Crippen LogP contribution in [0.5, 0.6) is 0 Å². The number of aliphatic hydroxyl groups excluding tert-OH is 1. The van der Waals surface area contributed by atoms with Crippen molar-refractivity contribution in [2.75, 3.05) is 13.2 Å². The van der Waals surface area contributed by atoms with E-state index in [0.717, 1.165) is 19.4 Å². The van der Waals surface area contributed by atoms with Gasteiger partial charge in [0.25, 0.3) is 0 Å². The first-order valence-corrected chi connectivity index (χ1v) is 7.41. The minimum atomic E-state index is -0.227. The average molecular weight is 252 g/mol. The number of hydrogen-bond acceptors (Lipinski definition) is 3. The lowest BCUT2D eigenvalue weighted by atomic mass is 9.69. The van der Waals surface area contributed by atoms with Crippen molar-refractivity contribution in [3.63, 3.8) is 0 Å². The van der Waals surface area contributed by atoms with Gasteiger partial charge in [0.2, 0.25) is 5.91 Å². The van der Waals surface area contributed by atoms with Gasteiger partial charge < -0.3 is 15.7 Å². The van der Waals surface area contributed by atoms with Gasteiger partial charge in [0.05, 0.1) is 12.0 Å². The zero-order valence-corrected chi connectivity index (χ0v) is 11.0. The molecule has 3 N–H and O–H groups in total. The highest BCUT2D eigenvalue weighted by atomic mass is 16.3. The maximum Gasteiger partial charge on any atom is 0.228 e. The number of nitrogens with one attached hydrogen (secondary N) is 2. The Labute approximate surface area is 109 Å². The van der Waals surface area contributed by atoms with Crippen LogP contribution < -0.4 is 10.6 Å². The second-order valence-corrected chi connectivity index (χ2v) is 6.30. The van der Waals surface area contributed by atoms with Gasteiger partial charge in [0.1, 0.15) is 0 Å². The van der Waals surface area contributed by atoms with Crippen LogP contribution in [0.25, 0.3) is 0 Å². The Morgan fingerprint density at radius 3 is 2.72 bits per heavy atom. The molecule has 2 heterocycles. The molecule has 1 amide bonds. The number of aliphatic hydroxyl groups is 1. The summed E-state index contributed by atoms with van der Waals surface area (Å²) in [5.74, 6) is 0.720. The summed E-state index contributed by atoms with van der Waals surface area (Å²) in [4.78, 5) is 12.4. The minimum Gasteiger partial charge on any atom is -0.395 e. The first-order chi connectivity index (χ1) is 8.76. The van der Waals surface area contributed by atoms with Gasteiger partial charge in [-0.1, -0.05) is 25.7 Å². The fraction of sp³-hybridized carbons (Fsp3) is 0.929. The summed E-state index contributed by atoms with van der Waals surface area (Å²) in [6.45, 7) is 0.900. The predicted octanol–water partition coefficient (Wildman–Crippen LogP) is 0.796. The number of hydrogen-bond donors (Lipinski definition) is 3. The van der Waals surface area contributed by atoms with E-state index in [0.29, 0.717) is 12.0 Å². The van der Waals surface area contributed by atoms with Crippen molar-refractivity contribution in [1.29, 1.82) is 0 Å². The summed E-state index contributed by atoms with van der Waals surface area (Å²) in [5.41, 5.74) is -0.227. The zero-order valence-electron chi connectivity index (χ0n) is 11.0. The number of carbonyl (C=O) groups is 1. The van der Waals surface area contributed by atoms with E-state index in [1.165, 1.54) is 32.1 Å². The molecular formula is C14H24N2O2. The van der Waals surface area contributed by atoms with E-state index in [1.807, 2.05) is 0 Å². The van der Waals surface area contributed by atoms with E-state index in [9.17, 15) is 9.90 Å². The number of rotatable bonds is 1. The third-order valence-corrected chi connectivity index (χ3v) is 5.28. The SMILES string of the molecule is O=C1NC2CCCCCCC2C12CNC(CO)C2. The Morgan fingerprint density at radius 1 is 1.22 bits per heavy atom. The van der Waals surface area contributed by atoms with E-state index in [1.54, 1.807) is 0 Å². The molecule has 0 aromatic heterocycles. The molecule has 2 saturated heterocycles. The summed E-state index contributed by atoms with van der Waals surface area (Å²) < 4.78 is 0. The highest BCUT2D eigenvalue weighted by molar-refractivity contribution is 5.86. The van der Waals surface area contributed by atoms with Gasteiger partial charge in [-0.25, -0.2) is 0 Å². The van der Waals surface area contributed by atoms with Crippen molar-refractivity contribution in [3.05, 3.63) is 0 Å². The molecular weight excluding hydrogens is 228 g/mol. The third-order valence-electron chi connectivity index (χ3n) is 5.28. The number of carbonyl (C=O) groups excluding carboxylic acids is 1. The van der Waals surface area contributed by atoms with Crippen molar-refractivity contribution in [3.8, 4) is 0 Å². The summed E-state index contributed by atoms with van der Waals surface area (Å²) in [5, 5.41) is 15.9. The number of amides is 1. The Hall–Kier alpha value is -0.610. The van der Waals surface area contributed by atoms with Gasteiger partial charge in [-0.2, -0.15) is 0 Å². The van der Waals surface area contributed by atoms with Crippen LogP contribution in [0, 0.1) is 11.3 Å². The second kappa shape index (κ2) is 4.82. The summed E-state index contributed by atoms with van der Waals surface area (Å²) >= 11 is 0. The maximum absolute atomic E-state index is 12.4. The van der Waals surface area contributed by atoms with E-state index >= 15 is 0 Å². The minimum absolute atomic E-state index is 0.111. The maximum atomic E-state index is 12.4. The second-order valence-electron chi connectivity index (χ2n) is 6.30. The van der Waals surface area contributed by atoms with Gasteiger partial charge in [-0.15, -0.1) is 0 Å². The molecule has 1 aliphatic carbocycles. The number of fused-ring (bicyclic) bond motifs is 2. The Balaban J connectivity index is 1.82. The molecule has 0 aromatic carbocycles. The molecule has 3 rings (SSSR count). The van der Waals surface area contributed by atoms with Crippen molar-refractivity contribution < 1.29 is 9.90 Å². The fourth-order valence-electron chi connectivity index (χ4n) is 4.29. The largest absolute Gasteiger partial charge is 0.395 e. The van der Waals surface area contributed by atoms with Crippen molar-refractivity contribution in [1.82, 2.24) is 10.6 Å². The molecule has 102 valence electrons. The lowest BCUT2D eigenvalue weighted by Gasteiger charge is -2.31. The van der Waals surface area contributed by atoms with E-state index in [4.69, 9.17) is 0 Å². The lowest BCUT2D eigenvalue weighted by molar-refractivity contribution is -0.128. The lowest BCUT2D eigenvalue weighted by Crippen LogP contribution is -2.37. The molecule has 4 nitrogen and oxygen atoms in total. The monoisotopic (exact) mass is 252 g/mol. The van der Waals surface area contributed by atoms with Gasteiger partial charge >= 0.3 is 0 Å². The molecule has 3 fully saturated rings. The summed E-state index contributed by atoms with van der Waals surface area (Å²) in [6.07, 6.45) is 8.24. The van der Waals surface area contributed by atoms with Crippen LogP contribution in [0.15, 0.2) is 0 Å². The molecule has 4 unspecified atom stereocenters. The summed E-state index contributed by atoms with van der Waals surface area (Å²) in [6, 6.07) is 0.497. The van der Waals surface area contributed by atoms with Gasteiger partial charge in [0, 0.05) is 18.6 Å². The molecule has 0 bridgehead atoms. The van der Waals surface area contributed by atoms with Crippen LogP contribution in [0.2, 0.25) is 0 Å². The molecule has 2 aliphatic heterocycles. The highest BCUT2D eigenvalue weighted by Crippen LogP contribution is 2.47. The molecule has 4 atom stereocenters. The highest BCUT2D eigenvalue weighted by Gasteiger charge is 2.57. The molecule has 4 heteroatoms. The predicted molar refractivity (Wildman–Crippen MR) is 69.0 cm³/mol. The average Bonchev–Trinajstić information content (AvgIpc) is 2.86. The van der Waals surface area contributed by atoms with Crippen LogP contribution in [-0.2, 0) is 4.79 Å². The van der Waals surface area contributed by atoms with Crippen LogP contribution in [-0.4, -0.2) is 36.2 Å². The molecule has 1 saturated carbocycles. The Morgan fingerprint density at radius 2 is 2.00 bits per heavy atom. The van der Waals surface area contributed by atoms with Crippen LogP contribution in [0.1, 0.15) is 44.9 Å². The Bertz CT molecular complexity index is 334. The van der Waals surface area contributed by atoms with Gasteiger partial charge in [0.15, 0.2) is 0 Å². The van der Waals surface area contributed by atoms with Gasteiger partial charge in [-0.3, -0.25) is 4.79 Å². The van der Waals surface area contributed by atoms with Crippen molar-refractivity contribution in [2.24, 2.45) is 11.3 Å². The Kier molecular flexibility index (Phi) is 3.32. The molecule has 18 heavy (non-hydrogen) atoms. The quantitative estimate of drug-likeness (QED) is 0.647. The van der Waals surface area contributed by atoms with Crippen LogP contribution in [0.3, 0.4) is 0 Å². The van der Waals surface area contributed by atoms with E-state index < -0.39 is 0 Å². The first kappa shape index (κ1) is 12.4. The van der Waals surface area contributed by atoms with Crippen molar-refractivity contribution >= 4 is 5.91 Å². The van der Waals surface area contributed by atoms with Crippen molar-refractivity contribution in [2.45, 2.75) is 57.0 Å². The van der Waals surface area contributed by atoms with E-state index in [2.05, 4.69) is 10.6 Å². The third kappa shape index (κ3) is 1.86. The molecule has 0 radical (unpaired) electrons. The summed E-state index contributed by atoms with van der Waals surface area (Å²) in [7, 11) is 0. The smallest absolute Gasteiger partial charge is 0.228 e. The molecule has 3 aliphatic rings. The van der Waals surface area contributed by atoms with E-state index in [-0.39, 0.29) is 24.0 Å². The van der Waals surface area contributed by atoms with Crippen LogP contribution >= 0.6 is 0 Å². The zero-order chi connectivity index (χ0) is 12.6. The normalized spacial score (nSPS) is 44.5. The molecule has 0 aromatic rings. The first-order valence-electron chi connectivity index (χ1n) is 7.41. The van der Waals surface area contributed by atoms with Crippen LogP contribution in [0.4, 0.5) is 0 Å².